The molecule has 0 radical (unpaired) electrons. The summed E-state index contributed by atoms with van der Waals surface area (Å²) in [6.07, 6.45) is 4.59. The van der Waals surface area contributed by atoms with Crippen LogP contribution in [0.1, 0.15) is 23.5 Å². The van der Waals surface area contributed by atoms with Crippen LogP contribution in [0.4, 0.5) is 0 Å². The van der Waals surface area contributed by atoms with E-state index in [0.717, 1.165) is 49.7 Å². The minimum absolute atomic E-state index is 0.117. The smallest absolute Gasteiger partial charge is 0.226 e. The van der Waals surface area contributed by atoms with E-state index in [4.69, 9.17) is 11.6 Å². The highest BCUT2D eigenvalue weighted by molar-refractivity contribution is 6.31. The van der Waals surface area contributed by atoms with Gasteiger partial charge in [-0.1, -0.05) is 29.8 Å². The van der Waals surface area contributed by atoms with Crippen LogP contribution >= 0.6 is 11.6 Å². The second-order valence-electron chi connectivity index (χ2n) is 6.93. The monoisotopic (exact) mass is 355 g/mol. The number of carbonyl (C=O) groups is 1. The topological polar surface area (TPSA) is 36.4 Å². The molecule has 1 aromatic heterocycles. The molecule has 1 saturated heterocycles. The maximum atomic E-state index is 12.8. The molecule has 2 atom stereocenters. The first-order chi connectivity index (χ1) is 12.2. The summed E-state index contributed by atoms with van der Waals surface area (Å²) in [4.78, 5) is 21.3. The van der Waals surface area contributed by atoms with Gasteiger partial charge in [0, 0.05) is 56.1 Å². The zero-order valence-electron chi connectivity index (χ0n) is 14.1. The van der Waals surface area contributed by atoms with Crippen LogP contribution in [0.2, 0.25) is 5.02 Å². The molecule has 0 spiro atoms. The van der Waals surface area contributed by atoms with Gasteiger partial charge in [-0.2, -0.15) is 0 Å². The summed E-state index contributed by atoms with van der Waals surface area (Å²) >= 11 is 6.28. The van der Waals surface area contributed by atoms with Gasteiger partial charge >= 0.3 is 0 Å². The van der Waals surface area contributed by atoms with E-state index in [-0.39, 0.29) is 5.92 Å². The third-order valence-corrected chi connectivity index (χ3v) is 5.60. The first-order valence-electron chi connectivity index (χ1n) is 8.87. The molecule has 1 aliphatic heterocycles. The Hall–Kier alpha value is -1.91. The van der Waals surface area contributed by atoms with Crippen LogP contribution in [0.5, 0.6) is 0 Å². The number of pyridine rings is 1. The largest absolute Gasteiger partial charge is 0.340 e. The average Bonchev–Trinajstić information content (AvgIpc) is 3.44. The molecule has 0 N–H and O–H groups in total. The van der Waals surface area contributed by atoms with Gasteiger partial charge in [0.1, 0.15) is 0 Å². The van der Waals surface area contributed by atoms with E-state index in [2.05, 4.69) is 22.0 Å². The maximum absolute atomic E-state index is 12.8. The number of rotatable bonds is 4. The average molecular weight is 356 g/mol. The van der Waals surface area contributed by atoms with Crippen molar-refractivity contribution in [1.29, 1.82) is 0 Å². The third kappa shape index (κ3) is 3.70. The quantitative estimate of drug-likeness (QED) is 0.845. The van der Waals surface area contributed by atoms with E-state index in [9.17, 15) is 4.79 Å². The Bertz CT molecular complexity index is 744. The van der Waals surface area contributed by atoms with Gasteiger partial charge in [-0.15, -0.1) is 0 Å². The van der Waals surface area contributed by atoms with E-state index in [1.165, 1.54) is 5.56 Å². The van der Waals surface area contributed by atoms with Crippen molar-refractivity contribution in [2.24, 2.45) is 5.92 Å². The number of carbonyl (C=O) groups excluding carboxylic acids is 1. The van der Waals surface area contributed by atoms with Gasteiger partial charge in [0.2, 0.25) is 5.91 Å². The van der Waals surface area contributed by atoms with E-state index < -0.39 is 0 Å². The molecular formula is C20H22ClN3O. The fourth-order valence-electron chi connectivity index (χ4n) is 3.69. The van der Waals surface area contributed by atoms with Crippen LogP contribution in [0, 0.1) is 5.92 Å². The second kappa shape index (κ2) is 7.14. The Morgan fingerprint density at radius 3 is 2.52 bits per heavy atom. The lowest BCUT2D eigenvalue weighted by Crippen LogP contribution is -2.48. The molecule has 1 amide bonds. The second-order valence-corrected chi connectivity index (χ2v) is 7.33. The molecule has 1 aromatic carbocycles. The molecule has 2 aromatic rings. The summed E-state index contributed by atoms with van der Waals surface area (Å²) in [6.45, 7) is 4.41. The fourth-order valence-corrected chi connectivity index (χ4v) is 3.97. The minimum Gasteiger partial charge on any atom is -0.340 e. The third-order valence-electron chi connectivity index (χ3n) is 5.25. The van der Waals surface area contributed by atoms with Crippen LogP contribution in [0.25, 0.3) is 0 Å². The highest BCUT2D eigenvalue weighted by Gasteiger charge is 2.46. The van der Waals surface area contributed by atoms with Gasteiger partial charge in [0.25, 0.3) is 0 Å². The number of hydrogen-bond acceptors (Lipinski definition) is 3. The minimum atomic E-state index is 0.117. The number of benzene rings is 1. The molecule has 4 rings (SSSR count). The van der Waals surface area contributed by atoms with Crippen molar-refractivity contribution >= 4 is 17.5 Å². The lowest BCUT2D eigenvalue weighted by Gasteiger charge is -2.35. The van der Waals surface area contributed by atoms with Crippen LogP contribution in [-0.2, 0) is 11.3 Å². The molecule has 2 fully saturated rings. The fraction of sp³-hybridized carbons (Fsp3) is 0.400. The number of amides is 1. The zero-order chi connectivity index (χ0) is 17.2. The predicted octanol–water partition coefficient (Wildman–Crippen LogP) is 3.18. The summed E-state index contributed by atoms with van der Waals surface area (Å²) in [5.74, 6) is 0.719. The summed E-state index contributed by atoms with van der Waals surface area (Å²) in [6, 6.07) is 12.0. The molecule has 2 unspecified atom stereocenters. The first kappa shape index (κ1) is 16.6. The van der Waals surface area contributed by atoms with Crippen molar-refractivity contribution in [3.63, 3.8) is 0 Å². The van der Waals surface area contributed by atoms with Crippen molar-refractivity contribution in [3.8, 4) is 0 Å². The summed E-state index contributed by atoms with van der Waals surface area (Å²) in [7, 11) is 0. The molecule has 5 heteroatoms. The number of nitrogens with zero attached hydrogens (tertiary/aromatic N) is 3. The highest BCUT2D eigenvalue weighted by atomic mass is 35.5. The number of hydrogen-bond donors (Lipinski definition) is 0. The molecule has 130 valence electrons. The normalized spacial score (nSPS) is 23.5. The summed E-state index contributed by atoms with van der Waals surface area (Å²) < 4.78 is 0. The Labute approximate surface area is 153 Å². The molecule has 0 bridgehead atoms. The van der Waals surface area contributed by atoms with Crippen LogP contribution in [0.3, 0.4) is 0 Å². The number of piperazine rings is 1. The Kier molecular flexibility index (Phi) is 4.73. The molecule has 1 aliphatic carbocycles. The summed E-state index contributed by atoms with van der Waals surface area (Å²) in [5, 5.41) is 0.782. The lowest BCUT2D eigenvalue weighted by atomic mass is 10.1. The highest BCUT2D eigenvalue weighted by Crippen LogP contribution is 2.50. The predicted molar refractivity (Wildman–Crippen MR) is 98.4 cm³/mol. The SMILES string of the molecule is O=C(C1CC1c1ccccc1Cl)N1CCN(Cc2ccncc2)CC1. The van der Waals surface area contributed by atoms with E-state index in [1.54, 1.807) is 0 Å². The van der Waals surface area contributed by atoms with Gasteiger partial charge in [0.15, 0.2) is 0 Å². The lowest BCUT2D eigenvalue weighted by molar-refractivity contribution is -0.134. The first-order valence-corrected chi connectivity index (χ1v) is 9.24. The van der Waals surface area contributed by atoms with Gasteiger partial charge in [0.05, 0.1) is 0 Å². The Morgan fingerprint density at radius 1 is 1.08 bits per heavy atom. The number of halogens is 1. The summed E-state index contributed by atoms with van der Waals surface area (Å²) in [5.41, 5.74) is 2.40. The molecular weight excluding hydrogens is 334 g/mol. The zero-order valence-corrected chi connectivity index (χ0v) is 14.9. The van der Waals surface area contributed by atoms with Crippen molar-refractivity contribution in [2.45, 2.75) is 18.9 Å². The van der Waals surface area contributed by atoms with E-state index >= 15 is 0 Å². The molecule has 4 nitrogen and oxygen atoms in total. The van der Waals surface area contributed by atoms with Gasteiger partial charge in [-0.25, -0.2) is 0 Å². The number of aromatic nitrogens is 1. The van der Waals surface area contributed by atoms with E-state index in [0.29, 0.717) is 11.8 Å². The molecule has 2 heterocycles. The van der Waals surface area contributed by atoms with Crippen molar-refractivity contribution < 1.29 is 4.79 Å². The van der Waals surface area contributed by atoms with Gasteiger partial charge < -0.3 is 4.90 Å². The van der Waals surface area contributed by atoms with E-state index in [1.807, 2.05) is 41.6 Å². The van der Waals surface area contributed by atoms with Crippen molar-refractivity contribution in [2.75, 3.05) is 26.2 Å². The molecule has 1 saturated carbocycles. The Morgan fingerprint density at radius 2 is 1.80 bits per heavy atom. The van der Waals surface area contributed by atoms with Crippen LogP contribution < -0.4 is 0 Å². The van der Waals surface area contributed by atoms with Gasteiger partial charge in [-0.3, -0.25) is 14.7 Å². The van der Waals surface area contributed by atoms with Crippen molar-refractivity contribution in [1.82, 2.24) is 14.8 Å². The Balaban J connectivity index is 1.30. The standard InChI is InChI=1S/C20H22ClN3O/c21-19-4-2-1-3-16(19)17-13-18(17)20(25)24-11-9-23(10-12-24)14-15-5-7-22-8-6-15/h1-8,17-18H,9-14H2. The molecule has 25 heavy (non-hydrogen) atoms. The van der Waals surface area contributed by atoms with Gasteiger partial charge in [-0.05, 0) is 41.7 Å². The van der Waals surface area contributed by atoms with Crippen LogP contribution in [0.15, 0.2) is 48.8 Å². The maximum Gasteiger partial charge on any atom is 0.226 e. The van der Waals surface area contributed by atoms with Crippen molar-refractivity contribution in [3.05, 3.63) is 64.9 Å². The molecule has 2 aliphatic rings. The van der Waals surface area contributed by atoms with Crippen LogP contribution in [-0.4, -0.2) is 46.9 Å².